The zero-order valence-electron chi connectivity index (χ0n) is 25.2. The van der Waals surface area contributed by atoms with Crippen LogP contribution in [0.25, 0.3) is 0 Å². The molecule has 8 heteroatoms. The van der Waals surface area contributed by atoms with Crippen LogP contribution in [-0.2, 0) is 19.1 Å². The van der Waals surface area contributed by atoms with Gasteiger partial charge in [-0.15, -0.1) is 0 Å². The summed E-state index contributed by atoms with van der Waals surface area (Å²) >= 11 is 0. The Balaban J connectivity index is 1.15. The lowest BCUT2D eigenvalue weighted by Crippen LogP contribution is -2.63. The summed E-state index contributed by atoms with van der Waals surface area (Å²) in [6.07, 6.45) is 5.68. The molecule has 8 nitrogen and oxygen atoms in total. The largest absolute Gasteiger partial charge is 0.457 e. The average Bonchev–Trinajstić information content (AvgIpc) is 3.50. The molecule has 2 N–H and O–H groups in total. The monoisotopic (exact) mass is 598 g/mol. The number of carbonyl (C=O) groups excluding carboxylic acids is 3. The molecule has 0 bridgehead atoms. The van der Waals surface area contributed by atoms with Crippen LogP contribution in [0.4, 0.5) is 0 Å². The number of Topliss-reactive ketones (excluding diaryl/α,β-unsaturated/α-hetero) is 2. The maximum atomic E-state index is 13.7. The van der Waals surface area contributed by atoms with Gasteiger partial charge in [-0.05, 0) is 93.0 Å². The number of aliphatic hydroxyl groups excluding tert-OH is 2. The number of benzene rings is 2. The van der Waals surface area contributed by atoms with Crippen molar-refractivity contribution in [2.75, 3.05) is 6.61 Å². The van der Waals surface area contributed by atoms with Gasteiger partial charge >= 0.3 is 0 Å². The summed E-state index contributed by atoms with van der Waals surface area (Å²) in [6, 6.07) is 14.2. The fraction of sp³-hybridized carbons (Fsp3) is 0.472. The second-order valence-corrected chi connectivity index (χ2v) is 13.6. The molecular formula is C36H38O8. The fourth-order valence-electron chi connectivity index (χ4n) is 9.42. The Morgan fingerprint density at radius 1 is 1.05 bits per heavy atom. The van der Waals surface area contributed by atoms with Crippen LogP contribution >= 0.6 is 0 Å². The first-order valence-electron chi connectivity index (χ1n) is 15.5. The van der Waals surface area contributed by atoms with Crippen LogP contribution in [0.2, 0.25) is 0 Å². The number of allylic oxidation sites excluding steroid dienone is 4. The second-order valence-electron chi connectivity index (χ2n) is 13.6. The molecule has 44 heavy (non-hydrogen) atoms. The number of hydrogen-bond acceptors (Lipinski definition) is 8. The number of ketones is 3. The van der Waals surface area contributed by atoms with Crippen molar-refractivity contribution in [3.8, 4) is 11.5 Å². The lowest BCUT2D eigenvalue weighted by Gasteiger charge is -2.59. The molecule has 1 aliphatic heterocycles. The molecule has 4 aliphatic carbocycles. The molecule has 1 saturated heterocycles. The van der Waals surface area contributed by atoms with Crippen LogP contribution in [0, 0.1) is 28.6 Å². The highest BCUT2D eigenvalue weighted by atomic mass is 16.7. The van der Waals surface area contributed by atoms with Gasteiger partial charge in [-0.1, -0.05) is 37.6 Å². The average molecular weight is 599 g/mol. The van der Waals surface area contributed by atoms with Gasteiger partial charge in [0.05, 0.1) is 12.2 Å². The van der Waals surface area contributed by atoms with E-state index in [1.54, 1.807) is 48.6 Å². The van der Waals surface area contributed by atoms with E-state index >= 15 is 0 Å². The minimum Gasteiger partial charge on any atom is -0.457 e. The van der Waals surface area contributed by atoms with Crippen molar-refractivity contribution in [2.45, 2.75) is 70.6 Å². The maximum Gasteiger partial charge on any atom is 0.193 e. The summed E-state index contributed by atoms with van der Waals surface area (Å²) in [5, 5.41) is 22.0. The third kappa shape index (κ3) is 4.15. The molecule has 9 atom stereocenters. The first-order chi connectivity index (χ1) is 21.0. The van der Waals surface area contributed by atoms with Gasteiger partial charge in [0.1, 0.15) is 18.1 Å². The van der Waals surface area contributed by atoms with Gasteiger partial charge < -0.3 is 24.4 Å². The number of rotatable bonds is 6. The molecule has 4 fully saturated rings. The Morgan fingerprint density at radius 2 is 1.73 bits per heavy atom. The third-order valence-corrected chi connectivity index (χ3v) is 11.4. The van der Waals surface area contributed by atoms with Gasteiger partial charge in [0.25, 0.3) is 0 Å². The first-order valence-corrected chi connectivity index (χ1v) is 15.5. The number of aliphatic hydroxyl groups is 2. The Bertz CT molecular complexity index is 1570. The summed E-state index contributed by atoms with van der Waals surface area (Å²) in [4.78, 5) is 37.5. The van der Waals surface area contributed by atoms with E-state index in [9.17, 15) is 24.6 Å². The summed E-state index contributed by atoms with van der Waals surface area (Å²) in [5.41, 5.74) is -0.178. The third-order valence-electron chi connectivity index (χ3n) is 11.4. The molecule has 5 aliphatic rings. The van der Waals surface area contributed by atoms with Crippen molar-refractivity contribution < 1.29 is 38.8 Å². The number of carbonyl (C=O) groups is 3. The lowest BCUT2D eigenvalue weighted by molar-refractivity contribution is -0.201. The van der Waals surface area contributed by atoms with Crippen LogP contribution in [-0.4, -0.2) is 52.0 Å². The standard InChI is InChI=1S/C36H38O8/c1-20(38)21-4-9-25(10-5-21)42-26-11-6-22(7-12-26)33-43-31-17-28-27-13-8-23-16-24(39)14-15-34(23,2)32(27)29(40)18-35(28,3)36(31,44-33)30(41)19-37/h4-7,9-12,14-16,27-29,31-33,37,40H,8,13,17-19H2,1-3H3/t27-,28-,29-,31+,32+,33-,34-,35-,36+/m0/s1. The van der Waals surface area contributed by atoms with Crippen molar-refractivity contribution in [1.82, 2.24) is 0 Å². The molecular weight excluding hydrogens is 560 g/mol. The summed E-state index contributed by atoms with van der Waals surface area (Å²) < 4.78 is 19.1. The minimum absolute atomic E-state index is 0.00952. The van der Waals surface area contributed by atoms with Gasteiger partial charge in [-0.3, -0.25) is 14.4 Å². The number of ether oxygens (including phenoxy) is 3. The SMILES string of the molecule is CC(=O)c1ccc(Oc2ccc([C@H]3O[C@@H]4C[C@H]5[C@@H]6CCC7=CC(=O)C=C[C@]7(C)[C@H]6[C@@H](O)C[C@]5(C)[C@]4(C(=O)CO)O3)cc2)cc1. The summed E-state index contributed by atoms with van der Waals surface area (Å²) in [6.45, 7) is 4.98. The van der Waals surface area contributed by atoms with Crippen LogP contribution in [0.3, 0.4) is 0 Å². The highest BCUT2D eigenvalue weighted by Crippen LogP contribution is 2.70. The number of hydrogen-bond donors (Lipinski definition) is 2. The highest BCUT2D eigenvalue weighted by molar-refractivity contribution is 6.01. The second kappa shape index (κ2) is 10.3. The Labute approximate surface area is 256 Å². The van der Waals surface area contributed by atoms with Gasteiger partial charge in [0, 0.05) is 27.9 Å². The molecule has 0 unspecified atom stereocenters. The lowest BCUT2D eigenvalue weighted by atomic mass is 9.46. The topological polar surface area (TPSA) is 119 Å². The molecule has 7 rings (SSSR count). The smallest absolute Gasteiger partial charge is 0.193 e. The van der Waals surface area contributed by atoms with E-state index in [2.05, 4.69) is 6.92 Å². The Hall–Kier alpha value is -3.43. The zero-order chi connectivity index (χ0) is 31.0. The predicted octanol–water partition coefficient (Wildman–Crippen LogP) is 5.28. The van der Waals surface area contributed by atoms with Crippen molar-refractivity contribution in [2.24, 2.45) is 28.6 Å². The van der Waals surface area contributed by atoms with Crippen molar-refractivity contribution in [1.29, 1.82) is 0 Å². The van der Waals surface area contributed by atoms with Crippen molar-refractivity contribution in [3.63, 3.8) is 0 Å². The molecule has 0 radical (unpaired) electrons. The first kappa shape index (κ1) is 29.3. The predicted molar refractivity (Wildman–Crippen MR) is 160 cm³/mol. The zero-order valence-corrected chi connectivity index (χ0v) is 25.2. The minimum atomic E-state index is -1.40. The van der Waals surface area contributed by atoms with Gasteiger partial charge in [-0.25, -0.2) is 0 Å². The van der Waals surface area contributed by atoms with E-state index in [1.165, 1.54) is 6.92 Å². The summed E-state index contributed by atoms with van der Waals surface area (Å²) in [5.74, 6) is 0.796. The molecule has 230 valence electrons. The van der Waals surface area contributed by atoms with Crippen LogP contribution in [0.5, 0.6) is 11.5 Å². The van der Waals surface area contributed by atoms with E-state index < -0.39 is 47.3 Å². The van der Waals surface area contributed by atoms with Gasteiger partial charge in [-0.2, -0.15) is 0 Å². The molecule has 1 heterocycles. The molecule has 0 amide bonds. The van der Waals surface area contributed by atoms with Crippen LogP contribution < -0.4 is 4.74 Å². The van der Waals surface area contributed by atoms with E-state index in [-0.39, 0.29) is 29.3 Å². The van der Waals surface area contributed by atoms with Crippen LogP contribution in [0.1, 0.15) is 68.7 Å². The van der Waals surface area contributed by atoms with E-state index in [4.69, 9.17) is 14.2 Å². The van der Waals surface area contributed by atoms with E-state index in [0.29, 0.717) is 29.9 Å². The summed E-state index contributed by atoms with van der Waals surface area (Å²) in [7, 11) is 0. The Kier molecular flexibility index (Phi) is 6.86. The van der Waals surface area contributed by atoms with Crippen molar-refractivity contribution in [3.05, 3.63) is 83.5 Å². The van der Waals surface area contributed by atoms with Crippen LogP contribution in [0.15, 0.2) is 72.3 Å². The molecule has 3 saturated carbocycles. The van der Waals surface area contributed by atoms with Gasteiger partial charge in [0.15, 0.2) is 29.2 Å². The number of fused-ring (bicyclic) bond motifs is 7. The van der Waals surface area contributed by atoms with Crippen molar-refractivity contribution >= 4 is 17.3 Å². The Morgan fingerprint density at radius 3 is 2.39 bits per heavy atom. The fourth-order valence-corrected chi connectivity index (χ4v) is 9.42. The maximum absolute atomic E-state index is 13.7. The normalized spacial score (nSPS) is 38.7. The molecule has 0 spiro atoms. The quantitative estimate of drug-likeness (QED) is 0.431. The highest BCUT2D eigenvalue weighted by Gasteiger charge is 2.75. The van der Waals surface area contributed by atoms with E-state index in [1.807, 2.05) is 25.1 Å². The van der Waals surface area contributed by atoms with Gasteiger partial charge in [0.2, 0.25) is 0 Å². The molecule has 2 aromatic rings. The van der Waals surface area contributed by atoms with E-state index in [0.717, 1.165) is 24.0 Å². The molecule has 0 aromatic heterocycles. The molecule has 2 aromatic carbocycles.